The number of fused-ring (bicyclic) bond motifs is 1. The molecule has 0 radical (unpaired) electrons. The SMILES string of the molecule is CC(C)(C)OC(=O)NCCCNc1snc2ccccc12. The number of carbonyl (C=O) groups excluding carboxylic acids is 1. The number of carbonyl (C=O) groups is 1. The molecule has 2 rings (SSSR count). The Labute approximate surface area is 128 Å². The van der Waals surface area contributed by atoms with Gasteiger partial charge in [0, 0.05) is 18.5 Å². The Morgan fingerprint density at radius 2 is 2.05 bits per heavy atom. The van der Waals surface area contributed by atoms with Crippen LogP contribution in [-0.4, -0.2) is 29.2 Å². The van der Waals surface area contributed by atoms with Crippen molar-refractivity contribution in [2.24, 2.45) is 0 Å². The Bertz CT molecular complexity index is 604. The van der Waals surface area contributed by atoms with Gasteiger partial charge in [-0.1, -0.05) is 12.1 Å². The van der Waals surface area contributed by atoms with Crippen molar-refractivity contribution >= 4 is 33.5 Å². The highest BCUT2D eigenvalue weighted by molar-refractivity contribution is 7.11. The molecule has 2 N–H and O–H groups in total. The van der Waals surface area contributed by atoms with E-state index in [-0.39, 0.29) is 6.09 Å². The Hall–Kier alpha value is -1.82. The summed E-state index contributed by atoms with van der Waals surface area (Å²) in [6, 6.07) is 8.05. The van der Waals surface area contributed by atoms with Gasteiger partial charge in [0.05, 0.1) is 5.52 Å². The zero-order chi connectivity index (χ0) is 15.3. The minimum absolute atomic E-state index is 0.370. The van der Waals surface area contributed by atoms with Gasteiger partial charge in [0.25, 0.3) is 0 Å². The summed E-state index contributed by atoms with van der Waals surface area (Å²) in [4.78, 5) is 11.5. The first-order chi connectivity index (χ1) is 9.96. The van der Waals surface area contributed by atoms with Gasteiger partial charge in [0.1, 0.15) is 10.6 Å². The van der Waals surface area contributed by atoms with Gasteiger partial charge >= 0.3 is 6.09 Å². The van der Waals surface area contributed by atoms with Gasteiger partial charge in [-0.25, -0.2) is 4.79 Å². The standard InChI is InChI=1S/C15H21N3O2S/c1-15(2,3)20-14(19)17-10-6-9-16-13-11-7-4-5-8-12(11)18-21-13/h4-5,7-8,16H,6,9-10H2,1-3H3,(H,17,19). The Balaban J connectivity index is 1.70. The van der Waals surface area contributed by atoms with Gasteiger partial charge in [-0.15, -0.1) is 0 Å². The monoisotopic (exact) mass is 307 g/mol. The molecular formula is C15H21N3O2S. The Morgan fingerprint density at radius 1 is 1.29 bits per heavy atom. The van der Waals surface area contributed by atoms with Crippen LogP contribution in [0.25, 0.3) is 10.9 Å². The average Bonchev–Trinajstić information content (AvgIpc) is 2.80. The van der Waals surface area contributed by atoms with E-state index in [2.05, 4.69) is 21.1 Å². The topological polar surface area (TPSA) is 63.2 Å². The van der Waals surface area contributed by atoms with Crippen LogP contribution in [0.15, 0.2) is 24.3 Å². The number of rotatable bonds is 5. The quantitative estimate of drug-likeness (QED) is 0.828. The average molecular weight is 307 g/mol. The van der Waals surface area contributed by atoms with Crippen molar-refractivity contribution in [1.29, 1.82) is 0 Å². The van der Waals surface area contributed by atoms with Crippen molar-refractivity contribution in [2.75, 3.05) is 18.4 Å². The maximum atomic E-state index is 11.5. The van der Waals surface area contributed by atoms with Crippen molar-refractivity contribution in [3.8, 4) is 0 Å². The molecule has 6 heteroatoms. The summed E-state index contributed by atoms with van der Waals surface area (Å²) < 4.78 is 9.54. The minimum atomic E-state index is -0.454. The van der Waals surface area contributed by atoms with E-state index in [1.54, 1.807) is 0 Å². The number of nitrogens with one attached hydrogen (secondary N) is 2. The molecule has 0 saturated carbocycles. The van der Waals surface area contributed by atoms with Crippen molar-refractivity contribution < 1.29 is 9.53 Å². The summed E-state index contributed by atoms with van der Waals surface area (Å²) in [6.07, 6.45) is 0.455. The van der Waals surface area contributed by atoms with Gasteiger partial charge in [-0.2, -0.15) is 4.37 Å². The molecule has 1 amide bonds. The minimum Gasteiger partial charge on any atom is -0.444 e. The van der Waals surface area contributed by atoms with Crippen LogP contribution in [0.2, 0.25) is 0 Å². The fourth-order valence-corrected chi connectivity index (χ4v) is 2.60. The zero-order valence-electron chi connectivity index (χ0n) is 12.6. The second kappa shape index (κ2) is 6.76. The van der Waals surface area contributed by atoms with E-state index in [9.17, 15) is 4.79 Å². The van der Waals surface area contributed by atoms with Crippen LogP contribution in [0.3, 0.4) is 0 Å². The van der Waals surface area contributed by atoms with E-state index < -0.39 is 5.60 Å². The number of hydrogen-bond acceptors (Lipinski definition) is 5. The number of ether oxygens (including phenoxy) is 1. The van der Waals surface area contributed by atoms with Crippen LogP contribution in [0, 0.1) is 0 Å². The molecule has 0 saturated heterocycles. The molecule has 0 bridgehead atoms. The van der Waals surface area contributed by atoms with Crippen molar-refractivity contribution in [3.05, 3.63) is 24.3 Å². The fraction of sp³-hybridized carbons (Fsp3) is 0.467. The smallest absolute Gasteiger partial charge is 0.407 e. The first-order valence-corrected chi connectivity index (χ1v) is 7.78. The number of alkyl carbamates (subject to hydrolysis) is 1. The lowest BCUT2D eigenvalue weighted by Gasteiger charge is -2.19. The van der Waals surface area contributed by atoms with Gasteiger partial charge in [-0.05, 0) is 50.9 Å². The second-order valence-electron chi connectivity index (χ2n) is 5.74. The molecule has 0 atom stereocenters. The largest absolute Gasteiger partial charge is 0.444 e. The summed E-state index contributed by atoms with van der Waals surface area (Å²) in [7, 11) is 0. The molecule has 0 spiro atoms. The molecule has 2 aromatic rings. The van der Waals surface area contributed by atoms with E-state index in [0.717, 1.165) is 28.9 Å². The predicted octanol–water partition coefficient (Wildman–Crippen LogP) is 3.62. The Morgan fingerprint density at radius 3 is 2.81 bits per heavy atom. The van der Waals surface area contributed by atoms with E-state index >= 15 is 0 Å². The highest BCUT2D eigenvalue weighted by Crippen LogP contribution is 2.26. The number of benzene rings is 1. The van der Waals surface area contributed by atoms with Crippen LogP contribution in [0.5, 0.6) is 0 Å². The molecular weight excluding hydrogens is 286 g/mol. The normalized spacial score (nSPS) is 11.4. The fourth-order valence-electron chi connectivity index (χ4n) is 1.81. The zero-order valence-corrected chi connectivity index (χ0v) is 13.4. The third kappa shape index (κ3) is 4.90. The highest BCUT2D eigenvalue weighted by atomic mass is 32.1. The number of nitrogens with zero attached hydrogens (tertiary/aromatic N) is 1. The van der Waals surface area contributed by atoms with Crippen LogP contribution in [0.4, 0.5) is 9.80 Å². The number of anilines is 1. The van der Waals surface area contributed by atoms with Crippen molar-refractivity contribution in [1.82, 2.24) is 9.69 Å². The first kappa shape index (κ1) is 15.6. The molecule has 1 heterocycles. The predicted molar refractivity (Wildman–Crippen MR) is 87.0 cm³/mol. The molecule has 0 unspecified atom stereocenters. The van der Waals surface area contributed by atoms with Gasteiger partial charge in [-0.3, -0.25) is 0 Å². The number of aromatic nitrogens is 1. The van der Waals surface area contributed by atoms with E-state index in [1.165, 1.54) is 11.5 Å². The number of hydrogen-bond donors (Lipinski definition) is 2. The molecule has 21 heavy (non-hydrogen) atoms. The molecule has 5 nitrogen and oxygen atoms in total. The molecule has 0 aliphatic carbocycles. The first-order valence-electron chi connectivity index (χ1n) is 7.01. The van der Waals surface area contributed by atoms with Crippen molar-refractivity contribution in [3.63, 3.8) is 0 Å². The van der Waals surface area contributed by atoms with E-state index in [0.29, 0.717) is 6.54 Å². The maximum Gasteiger partial charge on any atom is 0.407 e. The van der Waals surface area contributed by atoms with Gasteiger partial charge < -0.3 is 15.4 Å². The van der Waals surface area contributed by atoms with Crippen LogP contribution < -0.4 is 10.6 Å². The van der Waals surface area contributed by atoms with E-state index in [1.807, 2.05) is 39.0 Å². The summed E-state index contributed by atoms with van der Waals surface area (Å²) in [5, 5.41) is 8.31. The van der Waals surface area contributed by atoms with E-state index in [4.69, 9.17) is 4.74 Å². The van der Waals surface area contributed by atoms with Crippen molar-refractivity contribution in [2.45, 2.75) is 32.8 Å². The van der Waals surface area contributed by atoms with Gasteiger partial charge in [0.2, 0.25) is 0 Å². The number of amides is 1. The lowest BCUT2D eigenvalue weighted by atomic mass is 10.2. The Kier molecular flexibility index (Phi) is 5.01. The molecule has 0 fully saturated rings. The maximum absolute atomic E-state index is 11.5. The second-order valence-corrected chi connectivity index (χ2v) is 6.51. The molecule has 0 aliphatic heterocycles. The molecule has 1 aromatic heterocycles. The molecule has 114 valence electrons. The molecule has 0 aliphatic rings. The van der Waals surface area contributed by atoms with Crippen LogP contribution in [0.1, 0.15) is 27.2 Å². The lowest BCUT2D eigenvalue weighted by Crippen LogP contribution is -2.33. The third-order valence-corrected chi connectivity index (χ3v) is 3.53. The summed E-state index contributed by atoms with van der Waals surface area (Å²) in [6.45, 7) is 6.91. The third-order valence-electron chi connectivity index (χ3n) is 2.69. The van der Waals surface area contributed by atoms with Crippen LogP contribution in [-0.2, 0) is 4.74 Å². The molecule has 1 aromatic carbocycles. The van der Waals surface area contributed by atoms with Crippen LogP contribution >= 0.6 is 11.5 Å². The lowest BCUT2D eigenvalue weighted by molar-refractivity contribution is 0.0528. The summed E-state index contributed by atoms with van der Waals surface area (Å²) in [5.74, 6) is 0. The highest BCUT2D eigenvalue weighted by Gasteiger charge is 2.15. The summed E-state index contributed by atoms with van der Waals surface area (Å²) >= 11 is 1.46. The van der Waals surface area contributed by atoms with Gasteiger partial charge in [0.15, 0.2) is 0 Å². The summed E-state index contributed by atoms with van der Waals surface area (Å²) in [5.41, 5.74) is 0.557.